The van der Waals surface area contributed by atoms with E-state index >= 15 is 0 Å². The summed E-state index contributed by atoms with van der Waals surface area (Å²) in [6.45, 7) is 2.19. The Morgan fingerprint density at radius 1 is 1.26 bits per heavy atom. The van der Waals surface area contributed by atoms with Crippen LogP contribution in [0.2, 0.25) is 0 Å². The lowest BCUT2D eigenvalue weighted by atomic mass is 9.96. The Bertz CT molecular complexity index is 842. The van der Waals surface area contributed by atoms with E-state index in [0.29, 0.717) is 11.9 Å². The molecule has 0 radical (unpaired) electrons. The molecule has 0 saturated carbocycles. The third-order valence-electron chi connectivity index (χ3n) is 5.16. The van der Waals surface area contributed by atoms with E-state index in [1.807, 2.05) is 25.1 Å². The fraction of sp³-hybridized carbons (Fsp3) is 0.381. The third kappa shape index (κ3) is 4.22. The quantitative estimate of drug-likeness (QED) is 0.831. The molecule has 2 aliphatic heterocycles. The summed E-state index contributed by atoms with van der Waals surface area (Å²) >= 11 is 0. The van der Waals surface area contributed by atoms with Crippen LogP contribution in [0.3, 0.4) is 0 Å². The number of aryl methyl sites for hydroxylation is 1. The molecule has 2 heterocycles. The standard InChI is InChI=1S/C21H23FN2O3/c1-13-9-16(26-12-14-3-2-4-15(22)10-14)5-7-18(13)23-21(25)24-19-11-17-6-8-20(19)27-17/h2-5,7,9-10,17,19-20H,6,8,11-12H2,1H3,(H2,23,24,25)/t17-,19-,20+/m1/s1. The van der Waals surface area contributed by atoms with Crippen molar-refractivity contribution < 1.29 is 18.7 Å². The largest absolute Gasteiger partial charge is 0.489 e. The van der Waals surface area contributed by atoms with Gasteiger partial charge in [-0.3, -0.25) is 0 Å². The molecule has 2 N–H and O–H groups in total. The summed E-state index contributed by atoms with van der Waals surface area (Å²) in [4.78, 5) is 12.3. The molecule has 142 valence electrons. The van der Waals surface area contributed by atoms with Crippen LogP contribution in [0.25, 0.3) is 0 Å². The first-order valence-electron chi connectivity index (χ1n) is 9.28. The molecule has 2 aromatic rings. The molecule has 5 nitrogen and oxygen atoms in total. The summed E-state index contributed by atoms with van der Waals surface area (Å²) in [6, 6.07) is 11.7. The Balaban J connectivity index is 1.32. The zero-order valence-corrected chi connectivity index (χ0v) is 15.2. The van der Waals surface area contributed by atoms with Gasteiger partial charge >= 0.3 is 6.03 Å². The Hall–Kier alpha value is -2.60. The predicted molar refractivity (Wildman–Crippen MR) is 100 cm³/mol. The van der Waals surface area contributed by atoms with Crippen LogP contribution < -0.4 is 15.4 Å². The molecule has 2 aromatic carbocycles. The van der Waals surface area contributed by atoms with Crippen molar-refractivity contribution >= 4 is 11.7 Å². The number of fused-ring (bicyclic) bond motifs is 2. The van der Waals surface area contributed by atoms with Crippen LogP contribution in [0.4, 0.5) is 14.9 Å². The summed E-state index contributed by atoms with van der Waals surface area (Å²) in [5, 5.41) is 5.91. The molecule has 0 spiro atoms. The van der Waals surface area contributed by atoms with Gasteiger partial charge in [0.2, 0.25) is 0 Å². The van der Waals surface area contributed by atoms with Crippen LogP contribution in [-0.4, -0.2) is 24.3 Å². The van der Waals surface area contributed by atoms with Crippen molar-refractivity contribution in [1.82, 2.24) is 5.32 Å². The van der Waals surface area contributed by atoms with E-state index in [0.717, 1.165) is 36.1 Å². The maximum atomic E-state index is 13.2. The van der Waals surface area contributed by atoms with Crippen molar-refractivity contribution in [2.45, 2.75) is 51.0 Å². The van der Waals surface area contributed by atoms with Crippen LogP contribution in [0.1, 0.15) is 30.4 Å². The molecule has 2 amide bonds. The van der Waals surface area contributed by atoms with Gasteiger partial charge in [-0.25, -0.2) is 9.18 Å². The SMILES string of the molecule is Cc1cc(OCc2cccc(F)c2)ccc1NC(=O)N[C@@H]1C[C@H]2CC[C@@H]1O2. The van der Waals surface area contributed by atoms with Crippen molar-refractivity contribution in [3.63, 3.8) is 0 Å². The highest BCUT2D eigenvalue weighted by Crippen LogP contribution is 2.34. The lowest BCUT2D eigenvalue weighted by Crippen LogP contribution is -2.43. The van der Waals surface area contributed by atoms with Crippen molar-refractivity contribution in [2.75, 3.05) is 5.32 Å². The highest BCUT2D eigenvalue weighted by molar-refractivity contribution is 5.90. The number of halogens is 1. The molecule has 2 saturated heterocycles. The van der Waals surface area contributed by atoms with Crippen LogP contribution in [-0.2, 0) is 11.3 Å². The lowest BCUT2D eigenvalue weighted by Gasteiger charge is -2.20. The molecule has 0 aliphatic carbocycles. The highest BCUT2D eigenvalue weighted by atomic mass is 19.1. The van der Waals surface area contributed by atoms with Crippen molar-refractivity contribution in [3.8, 4) is 5.75 Å². The van der Waals surface area contributed by atoms with Gasteiger partial charge < -0.3 is 20.1 Å². The predicted octanol–water partition coefficient (Wildman–Crippen LogP) is 4.15. The second-order valence-corrected chi connectivity index (χ2v) is 7.21. The summed E-state index contributed by atoms with van der Waals surface area (Å²) in [7, 11) is 0. The highest BCUT2D eigenvalue weighted by Gasteiger charge is 2.41. The maximum absolute atomic E-state index is 13.2. The summed E-state index contributed by atoms with van der Waals surface area (Å²) in [5.41, 5.74) is 2.39. The average molecular weight is 370 g/mol. The van der Waals surface area contributed by atoms with Crippen molar-refractivity contribution in [2.24, 2.45) is 0 Å². The molecule has 2 aliphatic rings. The van der Waals surface area contributed by atoms with Gasteiger partial charge in [-0.15, -0.1) is 0 Å². The first-order valence-corrected chi connectivity index (χ1v) is 9.28. The lowest BCUT2D eigenvalue weighted by molar-refractivity contribution is 0.0984. The summed E-state index contributed by atoms with van der Waals surface area (Å²) < 4.78 is 24.7. The van der Waals surface area contributed by atoms with Crippen LogP contribution in [0.5, 0.6) is 5.75 Å². The van der Waals surface area contributed by atoms with E-state index in [1.54, 1.807) is 12.1 Å². The number of carbonyl (C=O) groups excluding carboxylic acids is 1. The molecular formula is C21H23FN2O3. The first-order chi connectivity index (χ1) is 13.1. The summed E-state index contributed by atoms with van der Waals surface area (Å²) in [5.74, 6) is 0.392. The fourth-order valence-corrected chi connectivity index (χ4v) is 3.78. The van der Waals surface area contributed by atoms with Gasteiger partial charge in [-0.2, -0.15) is 0 Å². The van der Waals surface area contributed by atoms with Crippen LogP contribution >= 0.6 is 0 Å². The Morgan fingerprint density at radius 3 is 2.85 bits per heavy atom. The summed E-state index contributed by atoms with van der Waals surface area (Å²) in [6.07, 6.45) is 3.47. The molecule has 0 unspecified atom stereocenters. The smallest absolute Gasteiger partial charge is 0.319 e. The third-order valence-corrected chi connectivity index (χ3v) is 5.16. The fourth-order valence-electron chi connectivity index (χ4n) is 3.78. The molecule has 4 rings (SSSR count). The van der Waals surface area contributed by atoms with Gasteiger partial charge in [0.25, 0.3) is 0 Å². The van der Waals surface area contributed by atoms with Gasteiger partial charge in [0.05, 0.1) is 18.2 Å². The number of hydrogen-bond acceptors (Lipinski definition) is 3. The number of anilines is 1. The number of hydrogen-bond donors (Lipinski definition) is 2. The Labute approximate surface area is 157 Å². The Morgan fingerprint density at radius 2 is 2.15 bits per heavy atom. The van der Waals surface area contributed by atoms with Crippen LogP contribution in [0, 0.1) is 12.7 Å². The van der Waals surface area contributed by atoms with Gasteiger partial charge in [-0.05, 0) is 67.6 Å². The number of benzene rings is 2. The van der Waals surface area contributed by atoms with Gasteiger partial charge in [-0.1, -0.05) is 12.1 Å². The van der Waals surface area contributed by atoms with Crippen LogP contribution in [0.15, 0.2) is 42.5 Å². The Kier molecular flexibility index (Phi) is 4.99. The minimum Gasteiger partial charge on any atom is -0.489 e. The van der Waals surface area contributed by atoms with Gasteiger partial charge in [0, 0.05) is 5.69 Å². The van der Waals surface area contributed by atoms with E-state index in [4.69, 9.17) is 9.47 Å². The number of rotatable bonds is 5. The number of carbonyl (C=O) groups is 1. The molecule has 0 aromatic heterocycles. The molecule has 3 atom stereocenters. The van der Waals surface area contributed by atoms with E-state index < -0.39 is 0 Å². The maximum Gasteiger partial charge on any atom is 0.319 e. The molecule has 2 fully saturated rings. The van der Waals surface area contributed by atoms with E-state index in [-0.39, 0.29) is 30.6 Å². The second kappa shape index (κ2) is 7.56. The molecular weight excluding hydrogens is 347 g/mol. The molecule has 2 bridgehead atoms. The zero-order valence-electron chi connectivity index (χ0n) is 15.2. The monoisotopic (exact) mass is 370 g/mol. The average Bonchev–Trinajstić information content (AvgIpc) is 3.25. The van der Waals surface area contributed by atoms with E-state index in [1.165, 1.54) is 12.1 Å². The zero-order chi connectivity index (χ0) is 18.8. The second-order valence-electron chi connectivity index (χ2n) is 7.21. The van der Waals surface area contributed by atoms with Gasteiger partial charge in [0.1, 0.15) is 18.2 Å². The molecule has 6 heteroatoms. The number of nitrogens with one attached hydrogen (secondary N) is 2. The number of urea groups is 1. The molecule has 27 heavy (non-hydrogen) atoms. The van der Waals surface area contributed by atoms with Crippen molar-refractivity contribution in [3.05, 3.63) is 59.4 Å². The van der Waals surface area contributed by atoms with E-state index in [2.05, 4.69) is 10.6 Å². The topological polar surface area (TPSA) is 59.6 Å². The first kappa shape index (κ1) is 17.8. The van der Waals surface area contributed by atoms with E-state index in [9.17, 15) is 9.18 Å². The van der Waals surface area contributed by atoms with Gasteiger partial charge in [0.15, 0.2) is 0 Å². The number of ether oxygens (including phenoxy) is 2. The van der Waals surface area contributed by atoms with Crippen molar-refractivity contribution in [1.29, 1.82) is 0 Å². The normalized spacial score (nSPS) is 23.3. The minimum atomic E-state index is -0.279. The number of amides is 2. The minimum absolute atomic E-state index is 0.0953.